The molecular formula is C30H30ClN3O3. The molecule has 1 fully saturated rings. The maximum Gasteiger partial charge on any atom is 0.249 e. The van der Waals surface area contributed by atoms with Gasteiger partial charge in [-0.3, -0.25) is 14.4 Å². The minimum atomic E-state index is -0.608. The molecule has 2 aliphatic rings. The zero-order valence-corrected chi connectivity index (χ0v) is 21.7. The van der Waals surface area contributed by atoms with Crippen LogP contribution in [0.25, 0.3) is 0 Å². The van der Waals surface area contributed by atoms with Crippen molar-refractivity contribution in [1.29, 1.82) is 0 Å². The molecule has 7 heteroatoms. The van der Waals surface area contributed by atoms with Gasteiger partial charge >= 0.3 is 0 Å². The highest BCUT2D eigenvalue weighted by molar-refractivity contribution is 6.30. The van der Waals surface area contributed by atoms with Crippen molar-refractivity contribution >= 4 is 40.7 Å². The fourth-order valence-corrected chi connectivity index (χ4v) is 5.30. The molecule has 37 heavy (non-hydrogen) atoms. The summed E-state index contributed by atoms with van der Waals surface area (Å²) < 4.78 is 0. The maximum absolute atomic E-state index is 13.8. The molecule has 0 radical (unpaired) electrons. The zero-order chi connectivity index (χ0) is 25.9. The van der Waals surface area contributed by atoms with Crippen molar-refractivity contribution < 1.29 is 14.4 Å². The van der Waals surface area contributed by atoms with Crippen molar-refractivity contribution in [3.8, 4) is 0 Å². The van der Waals surface area contributed by atoms with Gasteiger partial charge in [-0.05, 0) is 65.9 Å². The SMILES string of the molecule is CN(C(=O)[C@H]1Cc2ccccc2CN1C(=O)Cc1ccc(Cl)cc1)c1ccc(N2CCCCC2=O)cc1. The quantitative estimate of drug-likeness (QED) is 0.479. The highest BCUT2D eigenvalue weighted by Gasteiger charge is 2.36. The molecule has 0 spiro atoms. The summed E-state index contributed by atoms with van der Waals surface area (Å²) in [5.74, 6) is -0.0950. The molecule has 0 N–H and O–H groups in total. The summed E-state index contributed by atoms with van der Waals surface area (Å²) in [5.41, 5.74) is 4.58. The van der Waals surface area contributed by atoms with E-state index in [0.717, 1.165) is 47.5 Å². The molecule has 2 heterocycles. The van der Waals surface area contributed by atoms with Crippen LogP contribution < -0.4 is 9.80 Å². The molecule has 2 aliphatic heterocycles. The number of anilines is 2. The van der Waals surface area contributed by atoms with E-state index >= 15 is 0 Å². The third kappa shape index (κ3) is 5.39. The molecule has 3 aromatic rings. The van der Waals surface area contributed by atoms with E-state index in [4.69, 9.17) is 11.6 Å². The van der Waals surface area contributed by atoms with Gasteiger partial charge in [0.15, 0.2) is 0 Å². The highest BCUT2D eigenvalue weighted by atomic mass is 35.5. The van der Waals surface area contributed by atoms with E-state index in [-0.39, 0.29) is 24.1 Å². The Morgan fingerprint density at radius 2 is 1.65 bits per heavy atom. The van der Waals surface area contributed by atoms with Crippen LogP contribution in [0, 0.1) is 0 Å². The normalized spacial score (nSPS) is 17.4. The first-order valence-electron chi connectivity index (χ1n) is 12.7. The number of fused-ring (bicyclic) bond motifs is 1. The number of halogens is 1. The molecular weight excluding hydrogens is 486 g/mol. The van der Waals surface area contributed by atoms with E-state index in [2.05, 4.69) is 0 Å². The Kier molecular flexibility index (Phi) is 7.28. The van der Waals surface area contributed by atoms with Crippen LogP contribution in [0.5, 0.6) is 0 Å². The molecule has 6 nitrogen and oxygen atoms in total. The van der Waals surface area contributed by atoms with Gasteiger partial charge < -0.3 is 14.7 Å². The number of hydrogen-bond acceptors (Lipinski definition) is 3. The third-order valence-electron chi connectivity index (χ3n) is 7.33. The lowest BCUT2D eigenvalue weighted by molar-refractivity contribution is -0.140. The predicted octanol–water partition coefficient (Wildman–Crippen LogP) is 5.02. The van der Waals surface area contributed by atoms with Gasteiger partial charge in [-0.1, -0.05) is 48.0 Å². The average molecular weight is 516 g/mol. The predicted molar refractivity (Wildman–Crippen MR) is 146 cm³/mol. The van der Waals surface area contributed by atoms with Gasteiger partial charge in [0.05, 0.1) is 6.42 Å². The summed E-state index contributed by atoms with van der Waals surface area (Å²) in [6.45, 7) is 1.11. The second kappa shape index (κ2) is 10.8. The summed E-state index contributed by atoms with van der Waals surface area (Å²) in [7, 11) is 1.74. The number of nitrogens with zero attached hydrogens (tertiary/aromatic N) is 3. The lowest BCUT2D eigenvalue weighted by Gasteiger charge is -2.38. The van der Waals surface area contributed by atoms with E-state index in [1.165, 1.54) is 0 Å². The summed E-state index contributed by atoms with van der Waals surface area (Å²) in [5, 5.41) is 0.619. The van der Waals surface area contributed by atoms with E-state index in [1.807, 2.05) is 65.6 Å². The third-order valence-corrected chi connectivity index (χ3v) is 7.58. The first kappa shape index (κ1) is 25.0. The second-order valence-corrected chi connectivity index (χ2v) is 10.2. The average Bonchev–Trinajstić information content (AvgIpc) is 2.93. The lowest BCUT2D eigenvalue weighted by Crippen LogP contribution is -2.53. The smallest absolute Gasteiger partial charge is 0.249 e. The van der Waals surface area contributed by atoms with Crippen LogP contribution in [-0.4, -0.2) is 42.3 Å². The van der Waals surface area contributed by atoms with E-state index < -0.39 is 6.04 Å². The number of carbonyl (C=O) groups is 3. The second-order valence-electron chi connectivity index (χ2n) is 9.73. The molecule has 1 saturated heterocycles. The Balaban J connectivity index is 1.37. The minimum Gasteiger partial charge on any atom is -0.326 e. The van der Waals surface area contributed by atoms with Crippen molar-refractivity contribution in [3.63, 3.8) is 0 Å². The minimum absolute atomic E-state index is 0.0949. The molecule has 0 saturated carbocycles. The van der Waals surface area contributed by atoms with Crippen molar-refractivity contribution in [2.75, 3.05) is 23.4 Å². The van der Waals surface area contributed by atoms with Gasteiger partial charge in [-0.15, -0.1) is 0 Å². The Bertz CT molecular complexity index is 1310. The molecule has 0 bridgehead atoms. The number of piperidine rings is 1. The molecule has 3 aromatic carbocycles. The number of amides is 3. The van der Waals surface area contributed by atoms with Crippen LogP contribution in [0.2, 0.25) is 5.02 Å². The van der Waals surface area contributed by atoms with Gasteiger partial charge in [0, 0.05) is 49.4 Å². The van der Waals surface area contributed by atoms with Crippen LogP contribution >= 0.6 is 11.6 Å². The first-order chi connectivity index (χ1) is 17.9. The van der Waals surface area contributed by atoms with E-state index in [0.29, 0.717) is 24.4 Å². The topological polar surface area (TPSA) is 60.9 Å². The first-order valence-corrected chi connectivity index (χ1v) is 13.1. The summed E-state index contributed by atoms with van der Waals surface area (Å²) in [4.78, 5) is 44.7. The molecule has 0 unspecified atom stereocenters. The highest BCUT2D eigenvalue weighted by Crippen LogP contribution is 2.28. The van der Waals surface area contributed by atoms with Crippen molar-refractivity contribution in [2.24, 2.45) is 0 Å². The lowest BCUT2D eigenvalue weighted by atomic mass is 9.92. The van der Waals surface area contributed by atoms with Crippen LogP contribution in [0.3, 0.4) is 0 Å². The van der Waals surface area contributed by atoms with Crippen LogP contribution in [0.1, 0.15) is 36.0 Å². The maximum atomic E-state index is 13.8. The molecule has 0 aliphatic carbocycles. The number of benzene rings is 3. The van der Waals surface area contributed by atoms with Crippen molar-refractivity contribution in [2.45, 2.75) is 44.7 Å². The molecule has 190 valence electrons. The standard InChI is InChI=1S/C30H30ClN3O3/c1-32(25-13-15-26(16-14-25)33-17-5-4-8-28(33)35)30(37)27-19-22-6-2-3-7-23(22)20-34(27)29(36)18-21-9-11-24(31)12-10-21/h2-3,6-7,9-16,27H,4-5,8,17-20H2,1H3/t27-/m1/s1. The zero-order valence-electron chi connectivity index (χ0n) is 20.9. The molecule has 1 atom stereocenters. The Morgan fingerprint density at radius 3 is 2.35 bits per heavy atom. The fraction of sp³-hybridized carbons (Fsp3) is 0.300. The monoisotopic (exact) mass is 515 g/mol. The summed E-state index contributed by atoms with van der Waals surface area (Å²) >= 11 is 6.01. The van der Waals surface area contributed by atoms with Gasteiger partial charge in [-0.2, -0.15) is 0 Å². The Labute approximate surface area is 222 Å². The summed E-state index contributed by atoms with van der Waals surface area (Å²) in [6, 6.07) is 22.1. The number of rotatable bonds is 5. The number of hydrogen-bond donors (Lipinski definition) is 0. The van der Waals surface area contributed by atoms with Gasteiger partial charge in [0.1, 0.15) is 6.04 Å². The van der Waals surface area contributed by atoms with Crippen LogP contribution in [-0.2, 0) is 33.8 Å². The number of likely N-dealkylation sites (N-methyl/N-ethyl adjacent to an activating group) is 1. The van der Waals surface area contributed by atoms with Crippen LogP contribution in [0.15, 0.2) is 72.8 Å². The van der Waals surface area contributed by atoms with Gasteiger partial charge in [0.2, 0.25) is 17.7 Å². The van der Waals surface area contributed by atoms with Crippen LogP contribution in [0.4, 0.5) is 11.4 Å². The fourth-order valence-electron chi connectivity index (χ4n) is 5.17. The largest absolute Gasteiger partial charge is 0.326 e. The summed E-state index contributed by atoms with van der Waals surface area (Å²) in [6.07, 6.45) is 3.16. The Morgan fingerprint density at radius 1 is 0.946 bits per heavy atom. The van der Waals surface area contributed by atoms with Crippen molar-refractivity contribution in [1.82, 2.24) is 4.90 Å². The van der Waals surface area contributed by atoms with E-state index in [9.17, 15) is 14.4 Å². The Hall–Kier alpha value is -3.64. The molecule has 5 rings (SSSR count). The van der Waals surface area contributed by atoms with Crippen molar-refractivity contribution in [3.05, 3.63) is 94.5 Å². The van der Waals surface area contributed by atoms with Gasteiger partial charge in [-0.25, -0.2) is 0 Å². The van der Waals surface area contributed by atoms with E-state index in [1.54, 1.807) is 29.0 Å². The molecule has 3 amide bonds. The number of carbonyl (C=O) groups excluding carboxylic acids is 3. The molecule has 0 aromatic heterocycles. The van der Waals surface area contributed by atoms with Gasteiger partial charge in [0.25, 0.3) is 0 Å².